The highest BCUT2D eigenvalue weighted by atomic mass is 31.2. The number of amides is 1. The third-order valence-electron chi connectivity index (χ3n) is 14.5. The van der Waals surface area contributed by atoms with E-state index in [2.05, 4.69) is 62.5 Å². The Morgan fingerprint density at radius 2 is 0.803 bits per heavy atom. The van der Waals surface area contributed by atoms with Crippen LogP contribution in [0.15, 0.2) is 48.6 Å². The van der Waals surface area contributed by atoms with E-state index in [9.17, 15) is 19.0 Å². The average molecular weight is 1090 g/mol. The summed E-state index contributed by atoms with van der Waals surface area (Å²) < 4.78 is 30.7. The van der Waals surface area contributed by atoms with Gasteiger partial charge in [0.1, 0.15) is 19.3 Å². The summed E-state index contributed by atoms with van der Waals surface area (Å²) in [5.41, 5.74) is 0. The molecule has 3 atom stereocenters. The van der Waals surface area contributed by atoms with Gasteiger partial charge in [0.05, 0.1) is 33.8 Å². The van der Waals surface area contributed by atoms with Crippen molar-refractivity contribution in [3.63, 3.8) is 0 Å². The number of ether oxygens (including phenoxy) is 1. The van der Waals surface area contributed by atoms with E-state index in [4.69, 9.17) is 13.8 Å². The van der Waals surface area contributed by atoms with E-state index in [1.54, 1.807) is 0 Å². The predicted octanol–water partition coefficient (Wildman–Crippen LogP) is 20.1. The molecule has 0 aliphatic heterocycles. The molecule has 2 N–H and O–H groups in total. The summed E-state index contributed by atoms with van der Waals surface area (Å²) in [4.78, 5) is 37.7. The summed E-state index contributed by atoms with van der Waals surface area (Å²) in [5, 5.41) is 3.06. The molecule has 1 amide bonds. The van der Waals surface area contributed by atoms with E-state index in [1.165, 1.54) is 199 Å². The second kappa shape index (κ2) is 56.3. The predicted molar refractivity (Wildman–Crippen MR) is 328 cm³/mol. The van der Waals surface area contributed by atoms with Gasteiger partial charge in [-0.3, -0.25) is 18.6 Å². The molecule has 0 saturated carbocycles. The van der Waals surface area contributed by atoms with Crippen molar-refractivity contribution in [2.24, 2.45) is 0 Å². The third kappa shape index (κ3) is 56.7. The van der Waals surface area contributed by atoms with Gasteiger partial charge in [-0.25, -0.2) is 4.57 Å². The molecule has 0 bridgehead atoms. The van der Waals surface area contributed by atoms with Crippen LogP contribution in [0.25, 0.3) is 0 Å². The number of phosphoric acid groups is 1. The van der Waals surface area contributed by atoms with Gasteiger partial charge in [-0.1, -0.05) is 256 Å². The van der Waals surface area contributed by atoms with E-state index in [0.29, 0.717) is 17.4 Å². The molecule has 10 heteroatoms. The first kappa shape index (κ1) is 74.0. The second-order valence-corrected chi connectivity index (χ2v) is 24.7. The molecule has 0 spiro atoms. The molecule has 0 aliphatic rings. The zero-order valence-electron chi connectivity index (χ0n) is 51.0. The molecule has 446 valence electrons. The molecule has 76 heavy (non-hydrogen) atoms. The Morgan fingerprint density at radius 1 is 0.461 bits per heavy atom. The monoisotopic (exact) mass is 1090 g/mol. The van der Waals surface area contributed by atoms with Crippen LogP contribution < -0.4 is 5.32 Å². The summed E-state index contributed by atoms with van der Waals surface area (Å²) in [6, 6.07) is -0.852. The number of phosphoric ester groups is 1. The molecular formula is C66H126N2O7P+. The molecule has 9 nitrogen and oxygen atoms in total. The van der Waals surface area contributed by atoms with Crippen molar-refractivity contribution in [1.29, 1.82) is 0 Å². The quantitative estimate of drug-likeness (QED) is 0.0205. The SMILES string of the molecule is CCCCC/C=C\C/C=C\CCCCCCCCCCCCCCCCCC(=O)NC(COP(=O)(O)OCC[N+](C)(C)C)C(/C=C\CCCCCCCCCCCC)OC(=O)CCCCC/C=C\CCCCCCCC. The highest BCUT2D eigenvalue weighted by molar-refractivity contribution is 7.47. The van der Waals surface area contributed by atoms with Gasteiger partial charge in [-0.2, -0.15) is 0 Å². The first-order valence-electron chi connectivity index (χ1n) is 32.5. The molecule has 0 heterocycles. The van der Waals surface area contributed by atoms with E-state index in [1.807, 2.05) is 33.3 Å². The smallest absolute Gasteiger partial charge is 0.456 e. The van der Waals surface area contributed by atoms with Crippen molar-refractivity contribution in [1.82, 2.24) is 5.32 Å². The number of likely N-dealkylation sites (N-methyl/N-ethyl adjacent to an activating group) is 1. The van der Waals surface area contributed by atoms with Crippen molar-refractivity contribution >= 4 is 19.7 Å². The van der Waals surface area contributed by atoms with Crippen molar-refractivity contribution < 1.29 is 37.3 Å². The van der Waals surface area contributed by atoms with Crippen LogP contribution in [0.3, 0.4) is 0 Å². The van der Waals surface area contributed by atoms with E-state index in [-0.39, 0.29) is 31.5 Å². The number of carbonyl (C=O) groups is 2. The number of allylic oxidation sites excluding steroid dienone is 7. The van der Waals surface area contributed by atoms with Gasteiger partial charge < -0.3 is 19.4 Å². The largest absolute Gasteiger partial charge is 0.472 e. The van der Waals surface area contributed by atoms with E-state index in [0.717, 1.165) is 77.0 Å². The molecular weight excluding hydrogens is 964 g/mol. The van der Waals surface area contributed by atoms with Gasteiger partial charge in [0.15, 0.2) is 0 Å². The number of nitrogens with zero attached hydrogens (tertiary/aromatic N) is 1. The number of unbranched alkanes of at least 4 members (excludes halogenated alkanes) is 37. The Balaban J connectivity index is 5.07. The number of rotatable bonds is 59. The van der Waals surface area contributed by atoms with Crippen LogP contribution in [-0.4, -0.2) is 74.3 Å². The minimum atomic E-state index is -4.45. The summed E-state index contributed by atoms with van der Waals surface area (Å²) in [7, 11) is 1.50. The zero-order valence-corrected chi connectivity index (χ0v) is 51.9. The number of hydrogen-bond acceptors (Lipinski definition) is 6. The molecule has 0 aromatic rings. The number of nitrogens with one attached hydrogen (secondary N) is 1. The molecule has 3 unspecified atom stereocenters. The fourth-order valence-corrected chi connectivity index (χ4v) is 10.2. The van der Waals surface area contributed by atoms with Gasteiger partial charge in [0, 0.05) is 12.8 Å². The highest BCUT2D eigenvalue weighted by Crippen LogP contribution is 2.43. The van der Waals surface area contributed by atoms with Gasteiger partial charge in [-0.15, -0.1) is 0 Å². The Kier molecular flexibility index (Phi) is 54.7. The minimum Gasteiger partial charge on any atom is -0.456 e. The lowest BCUT2D eigenvalue weighted by Crippen LogP contribution is -2.47. The van der Waals surface area contributed by atoms with Gasteiger partial charge in [-0.05, 0) is 89.5 Å². The maximum absolute atomic E-state index is 13.6. The second-order valence-electron chi connectivity index (χ2n) is 23.3. The standard InChI is InChI=1S/C66H125N2O7P/c1-7-10-13-16-19-22-25-28-29-30-31-32-33-34-35-36-37-38-39-41-43-46-49-52-55-58-65(69)67-63(62-74-76(71,72)73-61-60-68(4,5)6)64(57-54-51-48-45-42-27-24-21-18-15-12-9-3)75-66(70)59-56-53-50-47-44-40-26-23-20-17-14-11-8-2/h19,22,28-29,40,44,54,57,63-64H,7-18,20-21,23-27,30-39,41-43,45-53,55-56,58-62H2,1-6H3,(H-,67,69,71,72)/p+1/b22-19-,29-28-,44-40-,57-54-. The molecule has 0 aromatic carbocycles. The van der Waals surface area contributed by atoms with Crippen LogP contribution >= 0.6 is 7.82 Å². The van der Waals surface area contributed by atoms with Crippen LogP contribution in [0.1, 0.15) is 310 Å². The maximum atomic E-state index is 13.6. The van der Waals surface area contributed by atoms with Crippen LogP contribution in [0.2, 0.25) is 0 Å². The van der Waals surface area contributed by atoms with Crippen LogP contribution in [0.4, 0.5) is 0 Å². The van der Waals surface area contributed by atoms with Crippen molar-refractivity contribution in [3.05, 3.63) is 48.6 Å². The fourth-order valence-electron chi connectivity index (χ4n) is 9.44. The molecule has 0 rings (SSSR count). The van der Waals surface area contributed by atoms with Crippen molar-refractivity contribution in [3.8, 4) is 0 Å². The van der Waals surface area contributed by atoms with Crippen LogP contribution in [-0.2, 0) is 27.9 Å². The average Bonchev–Trinajstić information content (AvgIpc) is 3.38. The topological polar surface area (TPSA) is 111 Å². The van der Waals surface area contributed by atoms with Gasteiger partial charge >= 0.3 is 13.8 Å². The Bertz CT molecular complexity index is 1440. The highest BCUT2D eigenvalue weighted by Gasteiger charge is 2.30. The number of esters is 1. The number of quaternary nitrogens is 1. The van der Waals surface area contributed by atoms with Crippen molar-refractivity contribution in [2.45, 2.75) is 322 Å². The third-order valence-corrected chi connectivity index (χ3v) is 15.5. The lowest BCUT2D eigenvalue weighted by Gasteiger charge is -2.27. The molecule has 0 radical (unpaired) electrons. The first-order chi connectivity index (χ1) is 36.9. The van der Waals surface area contributed by atoms with Gasteiger partial charge in [0.2, 0.25) is 5.91 Å². The molecule has 0 fully saturated rings. The summed E-state index contributed by atoms with van der Waals surface area (Å²) in [6.07, 6.45) is 69.7. The van der Waals surface area contributed by atoms with Crippen LogP contribution in [0.5, 0.6) is 0 Å². The number of hydrogen-bond donors (Lipinski definition) is 2. The molecule has 0 saturated heterocycles. The molecule has 0 aliphatic carbocycles. The molecule has 0 aromatic heterocycles. The van der Waals surface area contributed by atoms with E-state index < -0.39 is 20.0 Å². The minimum absolute atomic E-state index is 0.0391. The van der Waals surface area contributed by atoms with Gasteiger partial charge in [0.25, 0.3) is 0 Å². The fraction of sp³-hybridized carbons (Fsp3) is 0.848. The normalized spacial score (nSPS) is 13.9. The Hall–Kier alpha value is -2.03. The Morgan fingerprint density at radius 3 is 1.24 bits per heavy atom. The van der Waals surface area contributed by atoms with Crippen LogP contribution in [0, 0.1) is 0 Å². The number of carbonyl (C=O) groups excluding carboxylic acids is 2. The lowest BCUT2D eigenvalue weighted by molar-refractivity contribution is -0.870. The summed E-state index contributed by atoms with van der Waals surface area (Å²) >= 11 is 0. The van der Waals surface area contributed by atoms with E-state index >= 15 is 0 Å². The summed E-state index contributed by atoms with van der Waals surface area (Å²) in [6.45, 7) is 7.00. The van der Waals surface area contributed by atoms with Crippen molar-refractivity contribution in [2.75, 3.05) is 40.9 Å². The first-order valence-corrected chi connectivity index (χ1v) is 34.0. The summed E-state index contributed by atoms with van der Waals surface area (Å²) in [5.74, 6) is -0.514. The Labute approximate surface area is 471 Å². The lowest BCUT2D eigenvalue weighted by atomic mass is 10.0. The maximum Gasteiger partial charge on any atom is 0.472 e. The zero-order chi connectivity index (χ0) is 55.7.